The van der Waals surface area contributed by atoms with Crippen LogP contribution < -0.4 is 11.3 Å². The first-order valence-corrected chi connectivity index (χ1v) is 6.95. The van der Waals surface area contributed by atoms with Gasteiger partial charge in [0.2, 0.25) is 0 Å². The SMILES string of the molecule is Cc1nnc(NN=Cc2ccc(-c3ccccc3C(=O)O)o2)n1N. The summed E-state index contributed by atoms with van der Waals surface area (Å²) in [6, 6.07) is 9.96. The third-order valence-electron chi connectivity index (χ3n) is 3.27. The first-order chi connectivity index (χ1) is 11.6. The second-order valence-corrected chi connectivity index (χ2v) is 4.86. The topological polar surface area (TPSA) is 132 Å². The lowest BCUT2D eigenvalue weighted by Crippen LogP contribution is -2.13. The van der Waals surface area contributed by atoms with Gasteiger partial charge in [0, 0.05) is 5.56 Å². The lowest BCUT2D eigenvalue weighted by molar-refractivity contribution is 0.0697. The lowest BCUT2D eigenvalue weighted by atomic mass is 10.1. The van der Waals surface area contributed by atoms with Crippen LogP contribution in [0.4, 0.5) is 5.95 Å². The molecule has 3 aromatic rings. The maximum Gasteiger partial charge on any atom is 0.336 e. The van der Waals surface area contributed by atoms with Crippen molar-refractivity contribution in [2.24, 2.45) is 5.10 Å². The summed E-state index contributed by atoms with van der Waals surface area (Å²) in [6.07, 6.45) is 1.43. The second kappa shape index (κ2) is 6.24. The monoisotopic (exact) mass is 326 g/mol. The maximum atomic E-state index is 11.3. The van der Waals surface area contributed by atoms with Crippen molar-refractivity contribution in [2.75, 3.05) is 11.3 Å². The summed E-state index contributed by atoms with van der Waals surface area (Å²) in [5.74, 6) is 6.37. The van der Waals surface area contributed by atoms with E-state index in [0.717, 1.165) is 0 Å². The van der Waals surface area contributed by atoms with Gasteiger partial charge in [-0.3, -0.25) is 0 Å². The van der Waals surface area contributed by atoms with Crippen LogP contribution in [0.3, 0.4) is 0 Å². The molecule has 122 valence electrons. The summed E-state index contributed by atoms with van der Waals surface area (Å²) in [4.78, 5) is 11.3. The quantitative estimate of drug-likeness (QED) is 0.369. The van der Waals surface area contributed by atoms with Gasteiger partial charge >= 0.3 is 5.97 Å². The Morgan fingerprint density at radius 3 is 2.83 bits per heavy atom. The normalized spacial score (nSPS) is 11.0. The summed E-state index contributed by atoms with van der Waals surface area (Å²) >= 11 is 0. The van der Waals surface area contributed by atoms with Gasteiger partial charge in [0.15, 0.2) is 5.82 Å². The highest BCUT2D eigenvalue weighted by molar-refractivity contribution is 5.95. The predicted octanol–water partition coefficient (Wildman–Crippen LogP) is 1.70. The van der Waals surface area contributed by atoms with E-state index in [4.69, 9.17) is 10.3 Å². The molecule has 0 fully saturated rings. The molecule has 0 bridgehead atoms. The fraction of sp³-hybridized carbons (Fsp3) is 0.0667. The van der Waals surface area contributed by atoms with Crippen LogP contribution in [0.25, 0.3) is 11.3 Å². The van der Waals surface area contributed by atoms with Crippen molar-refractivity contribution in [1.82, 2.24) is 14.9 Å². The van der Waals surface area contributed by atoms with Crippen LogP contribution in [0.1, 0.15) is 21.9 Å². The maximum absolute atomic E-state index is 11.3. The largest absolute Gasteiger partial charge is 0.478 e. The average molecular weight is 326 g/mol. The van der Waals surface area contributed by atoms with Gasteiger partial charge in [-0.25, -0.2) is 14.9 Å². The Balaban J connectivity index is 1.78. The molecular formula is C15H14N6O3. The van der Waals surface area contributed by atoms with E-state index in [-0.39, 0.29) is 11.5 Å². The second-order valence-electron chi connectivity index (χ2n) is 4.86. The van der Waals surface area contributed by atoms with Crippen molar-refractivity contribution in [3.8, 4) is 11.3 Å². The Bertz CT molecular complexity index is 912. The fourth-order valence-corrected chi connectivity index (χ4v) is 2.05. The van der Waals surface area contributed by atoms with Gasteiger partial charge in [0.05, 0.1) is 11.8 Å². The number of hydrogen-bond donors (Lipinski definition) is 3. The summed E-state index contributed by atoms with van der Waals surface area (Å²) < 4.78 is 6.87. The van der Waals surface area contributed by atoms with Gasteiger partial charge in [0.1, 0.15) is 11.5 Å². The van der Waals surface area contributed by atoms with E-state index < -0.39 is 5.97 Å². The zero-order valence-corrected chi connectivity index (χ0v) is 12.7. The van der Waals surface area contributed by atoms with E-state index in [1.165, 1.54) is 17.0 Å². The molecule has 0 saturated heterocycles. The molecule has 0 spiro atoms. The molecule has 0 amide bonds. The van der Waals surface area contributed by atoms with Crippen LogP contribution in [0, 0.1) is 6.92 Å². The molecule has 3 rings (SSSR count). The Kier molecular flexibility index (Phi) is 3.98. The highest BCUT2D eigenvalue weighted by Crippen LogP contribution is 2.25. The van der Waals surface area contributed by atoms with Gasteiger partial charge in [-0.1, -0.05) is 18.2 Å². The molecule has 1 aromatic carbocycles. The van der Waals surface area contributed by atoms with Crippen LogP contribution in [-0.2, 0) is 0 Å². The molecule has 0 aliphatic carbocycles. The summed E-state index contributed by atoms with van der Waals surface area (Å²) in [5, 5.41) is 20.8. The van der Waals surface area contributed by atoms with E-state index in [1.54, 1.807) is 37.3 Å². The number of carboxylic acid groups (broad SMARTS) is 1. The molecule has 2 aromatic heterocycles. The van der Waals surface area contributed by atoms with Gasteiger partial charge in [-0.15, -0.1) is 10.2 Å². The molecule has 2 heterocycles. The van der Waals surface area contributed by atoms with E-state index in [0.29, 0.717) is 22.9 Å². The number of nitrogen functional groups attached to an aromatic ring is 1. The van der Waals surface area contributed by atoms with Crippen LogP contribution in [-0.4, -0.2) is 32.2 Å². The molecule has 9 heteroatoms. The number of hydrazone groups is 1. The Labute approximate surface area is 136 Å². The number of nitrogens with two attached hydrogens (primary N) is 1. The molecule has 9 nitrogen and oxygen atoms in total. The van der Waals surface area contributed by atoms with Crippen molar-refractivity contribution < 1.29 is 14.3 Å². The first-order valence-electron chi connectivity index (χ1n) is 6.95. The molecule has 4 N–H and O–H groups in total. The fourth-order valence-electron chi connectivity index (χ4n) is 2.05. The highest BCUT2D eigenvalue weighted by Gasteiger charge is 2.13. The molecule has 0 saturated carbocycles. The van der Waals surface area contributed by atoms with Crippen molar-refractivity contribution >= 4 is 18.1 Å². The third-order valence-corrected chi connectivity index (χ3v) is 3.27. The van der Waals surface area contributed by atoms with Gasteiger partial charge in [-0.2, -0.15) is 5.10 Å². The first kappa shape index (κ1) is 15.3. The number of aromatic carboxylic acids is 1. The molecule has 0 aliphatic heterocycles. The summed E-state index contributed by atoms with van der Waals surface area (Å²) in [5.41, 5.74) is 3.30. The van der Waals surface area contributed by atoms with Crippen LogP contribution in [0.2, 0.25) is 0 Å². The average Bonchev–Trinajstić information content (AvgIpc) is 3.17. The molecule has 0 atom stereocenters. The Hall–Kier alpha value is -3.62. The van der Waals surface area contributed by atoms with Gasteiger partial charge in [-0.05, 0) is 25.1 Å². The molecule has 0 unspecified atom stereocenters. The lowest BCUT2D eigenvalue weighted by Gasteiger charge is -2.02. The number of nitrogens with one attached hydrogen (secondary N) is 1. The van der Waals surface area contributed by atoms with E-state index >= 15 is 0 Å². The number of furan rings is 1. The molecule has 0 radical (unpaired) electrons. The van der Waals surface area contributed by atoms with Crippen molar-refractivity contribution in [3.63, 3.8) is 0 Å². The number of anilines is 1. The van der Waals surface area contributed by atoms with Crippen molar-refractivity contribution in [2.45, 2.75) is 6.92 Å². The standard InChI is InChI=1S/C15H14N6O3/c1-9-18-20-15(21(9)16)19-17-8-10-6-7-13(24-10)11-4-2-3-5-12(11)14(22)23/h2-8H,16H2,1H3,(H,19,20)(H,22,23). The van der Waals surface area contributed by atoms with E-state index in [1.807, 2.05) is 0 Å². The number of carboxylic acids is 1. The highest BCUT2D eigenvalue weighted by atomic mass is 16.4. The van der Waals surface area contributed by atoms with Crippen molar-refractivity contribution in [1.29, 1.82) is 0 Å². The number of nitrogens with zero attached hydrogens (tertiary/aromatic N) is 4. The van der Waals surface area contributed by atoms with Crippen LogP contribution in [0.15, 0.2) is 45.9 Å². The predicted molar refractivity (Wildman–Crippen MR) is 87.2 cm³/mol. The minimum absolute atomic E-state index is 0.167. The van der Waals surface area contributed by atoms with Crippen molar-refractivity contribution in [3.05, 3.63) is 53.5 Å². The Morgan fingerprint density at radius 1 is 1.33 bits per heavy atom. The number of hydrogen-bond acceptors (Lipinski definition) is 7. The van der Waals surface area contributed by atoms with Gasteiger partial charge < -0.3 is 15.4 Å². The number of aryl methyl sites for hydroxylation is 1. The van der Waals surface area contributed by atoms with E-state index in [9.17, 15) is 9.90 Å². The minimum atomic E-state index is -1.02. The van der Waals surface area contributed by atoms with Gasteiger partial charge in [0.25, 0.3) is 5.95 Å². The summed E-state index contributed by atoms with van der Waals surface area (Å²) in [6.45, 7) is 1.71. The third kappa shape index (κ3) is 2.95. The number of aromatic nitrogens is 3. The Morgan fingerprint density at radius 2 is 2.12 bits per heavy atom. The zero-order valence-electron chi connectivity index (χ0n) is 12.7. The van der Waals surface area contributed by atoms with Crippen LogP contribution >= 0.6 is 0 Å². The minimum Gasteiger partial charge on any atom is -0.478 e. The molecular weight excluding hydrogens is 312 g/mol. The molecule has 0 aliphatic rings. The van der Waals surface area contributed by atoms with E-state index in [2.05, 4.69) is 20.7 Å². The smallest absolute Gasteiger partial charge is 0.336 e. The number of carbonyl (C=O) groups is 1. The zero-order chi connectivity index (χ0) is 17.1. The number of rotatable bonds is 5. The van der Waals surface area contributed by atoms with Crippen LogP contribution in [0.5, 0.6) is 0 Å². The number of benzene rings is 1. The molecule has 24 heavy (non-hydrogen) atoms. The summed E-state index contributed by atoms with van der Waals surface area (Å²) in [7, 11) is 0.